The average molecular weight is 535 g/mol. The van der Waals surface area contributed by atoms with Gasteiger partial charge >= 0.3 is 0 Å². The molecular formula is C27H23ClN4O4S. The van der Waals surface area contributed by atoms with Gasteiger partial charge in [-0.15, -0.1) is 5.10 Å². The third-order valence-electron chi connectivity index (χ3n) is 6.03. The second kappa shape index (κ2) is 9.91. The number of hydrogen-bond acceptors (Lipinski definition) is 7. The zero-order valence-corrected chi connectivity index (χ0v) is 21.9. The fraction of sp³-hybridized carbons (Fsp3) is 0.222. The molecule has 8 nitrogen and oxygen atoms in total. The van der Waals surface area contributed by atoms with E-state index >= 15 is 0 Å². The van der Waals surface area contributed by atoms with Gasteiger partial charge in [0.25, 0.3) is 11.2 Å². The van der Waals surface area contributed by atoms with E-state index in [9.17, 15) is 14.9 Å². The van der Waals surface area contributed by atoms with E-state index in [0.717, 1.165) is 12.0 Å². The normalized spacial score (nSPS) is 13.1. The van der Waals surface area contributed by atoms with Crippen LogP contribution in [-0.2, 0) is 6.42 Å². The van der Waals surface area contributed by atoms with E-state index in [-0.39, 0.29) is 22.2 Å². The van der Waals surface area contributed by atoms with Gasteiger partial charge in [-0.2, -0.15) is 4.52 Å². The lowest BCUT2D eigenvalue weighted by Crippen LogP contribution is -2.23. The number of fused-ring (bicyclic) bond motifs is 1. The maximum Gasteiger partial charge on any atom is 0.291 e. The fourth-order valence-corrected chi connectivity index (χ4v) is 5.23. The lowest BCUT2D eigenvalue weighted by Gasteiger charge is -2.10. The number of nitrogens with zero attached hydrogens (tertiary/aromatic N) is 4. The molecular weight excluding hydrogens is 512 g/mol. The van der Waals surface area contributed by atoms with Gasteiger partial charge in [0, 0.05) is 23.1 Å². The molecule has 0 radical (unpaired) electrons. The van der Waals surface area contributed by atoms with E-state index in [1.165, 1.54) is 33.5 Å². The minimum atomic E-state index is -0.512. The minimum Gasteiger partial charge on any atom is -0.456 e. The van der Waals surface area contributed by atoms with Gasteiger partial charge in [-0.25, -0.2) is 4.98 Å². The van der Waals surface area contributed by atoms with Crippen molar-refractivity contribution in [3.05, 3.63) is 107 Å². The third kappa shape index (κ3) is 5.05. The van der Waals surface area contributed by atoms with Crippen LogP contribution in [0, 0.1) is 16.0 Å². The zero-order chi connectivity index (χ0) is 26.3. The van der Waals surface area contributed by atoms with Crippen molar-refractivity contribution in [2.24, 2.45) is 5.92 Å². The number of nitro benzene ring substituents is 1. The summed E-state index contributed by atoms with van der Waals surface area (Å²) in [6.45, 7) is 6.41. The van der Waals surface area contributed by atoms with Crippen molar-refractivity contribution in [1.82, 2.24) is 14.6 Å². The van der Waals surface area contributed by atoms with Crippen LogP contribution in [0.3, 0.4) is 0 Å². The second-order valence-corrected chi connectivity index (χ2v) is 10.7. The first-order valence-electron chi connectivity index (χ1n) is 11.7. The highest BCUT2D eigenvalue weighted by Gasteiger charge is 2.20. The van der Waals surface area contributed by atoms with E-state index in [1.54, 1.807) is 24.3 Å². The Balaban J connectivity index is 1.42. The number of furan rings is 1. The number of aromatic nitrogens is 3. The van der Waals surface area contributed by atoms with Crippen molar-refractivity contribution in [2.45, 2.75) is 33.1 Å². The molecule has 0 spiro atoms. The molecule has 188 valence electrons. The van der Waals surface area contributed by atoms with Crippen molar-refractivity contribution in [3.63, 3.8) is 0 Å². The summed E-state index contributed by atoms with van der Waals surface area (Å²) in [5, 5.41) is 16.2. The van der Waals surface area contributed by atoms with Crippen molar-refractivity contribution >= 4 is 39.7 Å². The Kier molecular flexibility index (Phi) is 6.66. The maximum absolute atomic E-state index is 13.0. The first-order valence-corrected chi connectivity index (χ1v) is 12.9. The first-order chi connectivity index (χ1) is 17.7. The van der Waals surface area contributed by atoms with Gasteiger partial charge in [-0.1, -0.05) is 68.0 Å². The topological polar surface area (TPSA) is 104 Å². The summed E-state index contributed by atoms with van der Waals surface area (Å²) in [5.74, 6) is 1.81. The molecule has 1 atom stereocenters. The molecule has 0 N–H and O–H groups in total. The van der Waals surface area contributed by atoms with Crippen molar-refractivity contribution in [3.8, 4) is 11.3 Å². The van der Waals surface area contributed by atoms with E-state index < -0.39 is 4.92 Å². The number of nitro groups is 1. The summed E-state index contributed by atoms with van der Waals surface area (Å²) in [6.07, 6.45) is 2.62. The summed E-state index contributed by atoms with van der Waals surface area (Å²) >= 11 is 7.12. The molecule has 2 aromatic carbocycles. The summed E-state index contributed by atoms with van der Waals surface area (Å²) < 4.78 is 7.51. The van der Waals surface area contributed by atoms with E-state index in [0.29, 0.717) is 38.3 Å². The minimum absolute atomic E-state index is 0.0603. The molecule has 0 aliphatic rings. The molecule has 1 unspecified atom stereocenters. The van der Waals surface area contributed by atoms with E-state index in [4.69, 9.17) is 16.0 Å². The van der Waals surface area contributed by atoms with Crippen molar-refractivity contribution < 1.29 is 9.34 Å². The molecule has 0 aliphatic carbocycles. The van der Waals surface area contributed by atoms with Crippen LogP contribution in [-0.4, -0.2) is 19.5 Å². The standard InChI is InChI=1S/C27H23ClN4O4S/c1-15(2)12-17-4-6-18(7-5-17)16(3)25-29-27-31(30-25)26(33)24(37-27)14-20-9-11-23(36-20)21-10-8-19(28)13-22(21)32(34)35/h4-11,13-16H,12H2,1-3H3/b24-14+. The molecule has 0 saturated heterocycles. The van der Waals surface area contributed by atoms with Gasteiger partial charge < -0.3 is 4.42 Å². The summed E-state index contributed by atoms with van der Waals surface area (Å²) in [4.78, 5) is 29.0. The van der Waals surface area contributed by atoms with Gasteiger partial charge in [0.2, 0.25) is 4.96 Å². The van der Waals surface area contributed by atoms with Crippen molar-refractivity contribution in [1.29, 1.82) is 0 Å². The van der Waals surface area contributed by atoms with Crippen LogP contribution in [0.15, 0.2) is 63.8 Å². The molecule has 5 aromatic rings. The van der Waals surface area contributed by atoms with Crippen LogP contribution in [0.2, 0.25) is 5.02 Å². The first kappa shape index (κ1) is 24.9. The van der Waals surface area contributed by atoms with Gasteiger partial charge in [0.05, 0.1) is 10.5 Å². The van der Waals surface area contributed by atoms with E-state index in [1.807, 2.05) is 6.92 Å². The third-order valence-corrected chi connectivity index (χ3v) is 7.23. The zero-order valence-electron chi connectivity index (χ0n) is 20.3. The predicted octanol–water partition coefficient (Wildman–Crippen LogP) is 5.87. The molecule has 0 aliphatic heterocycles. The van der Waals surface area contributed by atoms with Crippen LogP contribution in [0.1, 0.15) is 49.4 Å². The molecule has 5 rings (SSSR count). The fourth-order valence-electron chi connectivity index (χ4n) is 4.16. The van der Waals surface area contributed by atoms with Crippen LogP contribution in [0.5, 0.6) is 0 Å². The molecule has 0 saturated carbocycles. The van der Waals surface area contributed by atoms with Crippen LogP contribution in [0.4, 0.5) is 5.69 Å². The van der Waals surface area contributed by atoms with Gasteiger partial charge in [0.1, 0.15) is 16.1 Å². The maximum atomic E-state index is 13.0. The smallest absolute Gasteiger partial charge is 0.291 e. The Morgan fingerprint density at radius 3 is 2.57 bits per heavy atom. The Morgan fingerprint density at radius 1 is 1.14 bits per heavy atom. The monoisotopic (exact) mass is 534 g/mol. The van der Waals surface area contributed by atoms with Crippen LogP contribution < -0.4 is 10.1 Å². The highest BCUT2D eigenvalue weighted by Crippen LogP contribution is 2.33. The highest BCUT2D eigenvalue weighted by molar-refractivity contribution is 7.15. The van der Waals surface area contributed by atoms with Gasteiger partial charge in [0.15, 0.2) is 5.82 Å². The van der Waals surface area contributed by atoms with Gasteiger partial charge in [-0.05, 0) is 47.7 Å². The second-order valence-electron chi connectivity index (χ2n) is 9.26. The Morgan fingerprint density at radius 2 is 1.89 bits per heavy atom. The Labute approximate surface area is 221 Å². The number of thiazole rings is 1. The lowest BCUT2D eigenvalue weighted by atomic mass is 9.96. The highest BCUT2D eigenvalue weighted by atomic mass is 35.5. The molecule has 3 heterocycles. The molecule has 3 aromatic heterocycles. The molecule has 37 heavy (non-hydrogen) atoms. The van der Waals surface area contributed by atoms with E-state index in [2.05, 4.69) is 48.2 Å². The molecule has 0 bridgehead atoms. The Hall–Kier alpha value is -3.82. The summed E-state index contributed by atoms with van der Waals surface area (Å²) in [5.41, 5.74) is 2.22. The number of halogens is 1. The average Bonchev–Trinajstić information content (AvgIpc) is 3.56. The summed E-state index contributed by atoms with van der Waals surface area (Å²) in [6, 6.07) is 16.1. The van der Waals surface area contributed by atoms with Crippen molar-refractivity contribution in [2.75, 3.05) is 0 Å². The number of hydrogen-bond donors (Lipinski definition) is 0. The quantitative estimate of drug-likeness (QED) is 0.191. The largest absolute Gasteiger partial charge is 0.456 e. The van der Waals surface area contributed by atoms with Crippen LogP contribution >= 0.6 is 22.9 Å². The number of rotatable bonds is 7. The van der Waals surface area contributed by atoms with Crippen LogP contribution in [0.25, 0.3) is 22.4 Å². The molecule has 0 amide bonds. The Bertz CT molecular complexity index is 1720. The lowest BCUT2D eigenvalue weighted by molar-refractivity contribution is -0.384. The molecule has 10 heteroatoms. The predicted molar refractivity (Wildman–Crippen MR) is 144 cm³/mol. The van der Waals surface area contributed by atoms with Gasteiger partial charge in [-0.3, -0.25) is 14.9 Å². The number of benzene rings is 2. The SMILES string of the molecule is CC(C)Cc1ccc(C(C)c2nc3s/c(=C/c4ccc(-c5ccc(Cl)cc5[N+](=O)[O-])o4)c(=O)n3n2)cc1. The molecule has 0 fully saturated rings. The summed E-state index contributed by atoms with van der Waals surface area (Å²) in [7, 11) is 0.